The maximum Gasteiger partial charge on any atom is 0.338 e. The first-order chi connectivity index (χ1) is 11.5. The second kappa shape index (κ2) is 6.47. The fourth-order valence-electron chi connectivity index (χ4n) is 3.14. The summed E-state index contributed by atoms with van der Waals surface area (Å²) in [6, 6.07) is 8.25. The molecule has 0 aromatic heterocycles. The SMILES string of the molecule is CCOC(=O)C1=C[C@H]2[C@@H]([C@H](OC(=O)c3ccccc3)C1)N2C(C)=O. The monoisotopic (exact) mass is 329 g/mol. The predicted octanol–water partition coefficient (Wildman–Crippen LogP) is 1.70. The summed E-state index contributed by atoms with van der Waals surface area (Å²) < 4.78 is 10.6. The highest BCUT2D eigenvalue weighted by atomic mass is 16.5. The van der Waals surface area contributed by atoms with E-state index in [-0.39, 0.29) is 31.0 Å². The fraction of sp³-hybridized carbons (Fsp3) is 0.389. The lowest BCUT2D eigenvalue weighted by atomic mass is 9.96. The molecule has 6 heteroatoms. The molecule has 1 fully saturated rings. The van der Waals surface area contributed by atoms with E-state index in [1.807, 2.05) is 6.07 Å². The number of fused-ring (bicyclic) bond motifs is 1. The minimum absolute atomic E-state index is 0.105. The van der Waals surface area contributed by atoms with Crippen molar-refractivity contribution in [3.63, 3.8) is 0 Å². The molecule has 3 rings (SSSR count). The van der Waals surface area contributed by atoms with Crippen molar-refractivity contribution in [2.24, 2.45) is 0 Å². The van der Waals surface area contributed by atoms with E-state index in [1.54, 1.807) is 42.2 Å². The molecule has 0 N–H and O–H groups in total. The normalized spacial score (nSPS) is 24.5. The Morgan fingerprint density at radius 3 is 2.50 bits per heavy atom. The maximum absolute atomic E-state index is 12.3. The summed E-state index contributed by atoms with van der Waals surface area (Å²) in [6.07, 6.45) is 1.45. The molecule has 1 amide bonds. The van der Waals surface area contributed by atoms with Gasteiger partial charge in [0.15, 0.2) is 0 Å². The third kappa shape index (κ3) is 3.04. The largest absolute Gasteiger partial charge is 0.463 e. The van der Waals surface area contributed by atoms with Crippen LogP contribution in [0.25, 0.3) is 0 Å². The number of hydrogen-bond acceptors (Lipinski definition) is 5. The van der Waals surface area contributed by atoms with Gasteiger partial charge < -0.3 is 14.4 Å². The number of nitrogens with zero attached hydrogens (tertiary/aromatic N) is 1. The Bertz CT molecular complexity index is 697. The van der Waals surface area contributed by atoms with Gasteiger partial charge in [0.2, 0.25) is 5.91 Å². The summed E-state index contributed by atoms with van der Waals surface area (Å²) in [5.41, 5.74) is 0.893. The highest BCUT2D eigenvalue weighted by Gasteiger charge is 2.57. The predicted molar refractivity (Wildman–Crippen MR) is 85.1 cm³/mol. The van der Waals surface area contributed by atoms with Gasteiger partial charge in [0.25, 0.3) is 0 Å². The molecule has 0 bridgehead atoms. The van der Waals surface area contributed by atoms with Gasteiger partial charge in [0.1, 0.15) is 6.10 Å². The van der Waals surface area contributed by atoms with Crippen LogP contribution >= 0.6 is 0 Å². The minimum Gasteiger partial charge on any atom is -0.463 e. The molecule has 1 aromatic rings. The minimum atomic E-state index is -0.545. The topological polar surface area (TPSA) is 72.7 Å². The van der Waals surface area contributed by atoms with Crippen molar-refractivity contribution in [2.75, 3.05) is 6.61 Å². The number of benzene rings is 1. The first-order valence-electron chi connectivity index (χ1n) is 7.95. The van der Waals surface area contributed by atoms with Gasteiger partial charge in [-0.3, -0.25) is 4.79 Å². The van der Waals surface area contributed by atoms with E-state index in [9.17, 15) is 14.4 Å². The number of ether oxygens (including phenoxy) is 2. The van der Waals surface area contributed by atoms with Crippen LogP contribution in [0.5, 0.6) is 0 Å². The molecule has 2 aliphatic rings. The third-order valence-electron chi connectivity index (χ3n) is 4.25. The van der Waals surface area contributed by atoms with Crippen molar-refractivity contribution in [3.05, 3.63) is 47.5 Å². The first kappa shape index (κ1) is 16.2. The van der Waals surface area contributed by atoms with Crippen molar-refractivity contribution in [3.8, 4) is 0 Å². The summed E-state index contributed by atoms with van der Waals surface area (Å²) in [6.45, 7) is 3.47. The highest BCUT2D eigenvalue weighted by Crippen LogP contribution is 2.41. The van der Waals surface area contributed by atoms with Gasteiger partial charge in [0, 0.05) is 18.9 Å². The van der Waals surface area contributed by atoms with Crippen LogP contribution in [0.15, 0.2) is 42.0 Å². The van der Waals surface area contributed by atoms with Crippen LogP contribution in [0, 0.1) is 0 Å². The van der Waals surface area contributed by atoms with E-state index < -0.39 is 18.0 Å². The van der Waals surface area contributed by atoms with Crippen LogP contribution in [0.3, 0.4) is 0 Å². The zero-order chi connectivity index (χ0) is 17.3. The standard InChI is InChI=1S/C18H19NO5/c1-3-23-17(21)13-9-14-16(19(14)11(2)20)15(10-13)24-18(22)12-7-5-4-6-8-12/h4-9,14-16H,3,10H2,1-2H3/t14-,15+,16-,19?/m0/s1. The van der Waals surface area contributed by atoms with Crippen LogP contribution in [-0.2, 0) is 19.1 Å². The molecule has 1 heterocycles. The van der Waals surface area contributed by atoms with E-state index in [0.717, 1.165) is 0 Å². The molecule has 3 atom stereocenters. The summed E-state index contributed by atoms with van der Waals surface area (Å²) >= 11 is 0. The lowest BCUT2D eigenvalue weighted by Crippen LogP contribution is -2.31. The van der Waals surface area contributed by atoms with Crippen molar-refractivity contribution < 1.29 is 23.9 Å². The molecule has 126 valence electrons. The smallest absolute Gasteiger partial charge is 0.338 e. The Labute approximate surface area is 140 Å². The molecular formula is C18H19NO5. The Balaban J connectivity index is 1.77. The lowest BCUT2D eigenvalue weighted by Gasteiger charge is -2.20. The number of rotatable bonds is 4. The molecule has 1 aliphatic carbocycles. The molecule has 1 saturated heterocycles. The summed E-state index contributed by atoms with van der Waals surface area (Å²) in [4.78, 5) is 37.6. The van der Waals surface area contributed by atoms with E-state index >= 15 is 0 Å². The number of hydrogen-bond donors (Lipinski definition) is 0. The van der Waals surface area contributed by atoms with Crippen LogP contribution in [0.2, 0.25) is 0 Å². The average molecular weight is 329 g/mol. The Hall–Kier alpha value is -2.63. The van der Waals surface area contributed by atoms with Crippen molar-refractivity contribution in [1.29, 1.82) is 0 Å². The molecule has 0 radical (unpaired) electrons. The molecule has 24 heavy (non-hydrogen) atoms. The fourth-order valence-corrected chi connectivity index (χ4v) is 3.14. The van der Waals surface area contributed by atoms with Gasteiger partial charge in [-0.15, -0.1) is 0 Å². The molecule has 0 saturated carbocycles. The Morgan fingerprint density at radius 2 is 1.88 bits per heavy atom. The second-order valence-electron chi connectivity index (χ2n) is 5.83. The maximum atomic E-state index is 12.3. The third-order valence-corrected chi connectivity index (χ3v) is 4.25. The Morgan fingerprint density at radius 1 is 1.17 bits per heavy atom. The van der Waals surface area contributed by atoms with Gasteiger partial charge in [0.05, 0.1) is 24.3 Å². The molecule has 1 aliphatic heterocycles. The van der Waals surface area contributed by atoms with Crippen molar-refractivity contribution >= 4 is 17.8 Å². The molecular weight excluding hydrogens is 310 g/mol. The van der Waals surface area contributed by atoms with Crippen LogP contribution in [-0.4, -0.2) is 47.5 Å². The average Bonchev–Trinajstić information content (AvgIpc) is 3.30. The second-order valence-corrected chi connectivity index (χ2v) is 5.83. The summed E-state index contributed by atoms with van der Waals surface area (Å²) in [5, 5.41) is 0. The van der Waals surface area contributed by atoms with Gasteiger partial charge in [-0.25, -0.2) is 9.59 Å². The lowest BCUT2D eigenvalue weighted by molar-refractivity contribution is -0.139. The Kier molecular flexibility index (Phi) is 4.38. The quantitative estimate of drug-likeness (QED) is 0.621. The van der Waals surface area contributed by atoms with E-state index in [1.165, 1.54) is 6.92 Å². The molecule has 0 unspecified atom stereocenters. The zero-order valence-electron chi connectivity index (χ0n) is 13.6. The number of carbonyl (C=O) groups excluding carboxylic acids is 3. The summed E-state index contributed by atoms with van der Waals surface area (Å²) in [7, 11) is 0. The molecule has 0 spiro atoms. The molecule has 1 aromatic carbocycles. The van der Waals surface area contributed by atoms with Gasteiger partial charge in [-0.2, -0.15) is 0 Å². The zero-order valence-corrected chi connectivity index (χ0v) is 13.6. The van der Waals surface area contributed by atoms with Crippen LogP contribution in [0.4, 0.5) is 0 Å². The van der Waals surface area contributed by atoms with E-state index in [2.05, 4.69) is 0 Å². The van der Waals surface area contributed by atoms with Gasteiger partial charge in [-0.05, 0) is 25.1 Å². The molecule has 6 nitrogen and oxygen atoms in total. The van der Waals surface area contributed by atoms with E-state index in [4.69, 9.17) is 9.47 Å². The van der Waals surface area contributed by atoms with Crippen molar-refractivity contribution in [1.82, 2.24) is 4.90 Å². The number of esters is 2. The number of amides is 1. The highest BCUT2D eigenvalue weighted by molar-refractivity contribution is 5.91. The van der Waals surface area contributed by atoms with E-state index in [0.29, 0.717) is 11.1 Å². The number of carbonyl (C=O) groups is 3. The van der Waals surface area contributed by atoms with Crippen LogP contribution in [0.1, 0.15) is 30.6 Å². The first-order valence-corrected chi connectivity index (χ1v) is 7.95. The summed E-state index contributed by atoms with van der Waals surface area (Å²) in [5.74, 6) is -0.987. The van der Waals surface area contributed by atoms with Crippen LogP contribution < -0.4 is 0 Å². The van der Waals surface area contributed by atoms with Gasteiger partial charge in [-0.1, -0.05) is 18.2 Å². The van der Waals surface area contributed by atoms with Crippen molar-refractivity contribution in [2.45, 2.75) is 38.5 Å². The van der Waals surface area contributed by atoms with Gasteiger partial charge >= 0.3 is 11.9 Å².